The molecule has 0 amide bonds. The fourth-order valence-electron chi connectivity index (χ4n) is 3.41. The SMILES string of the molecule is CN1CCN(c2cnnc(N3CCN(c4ccccc4)CC3)n2)CC1. The predicted octanol–water partition coefficient (Wildman–Crippen LogP) is 0.950. The quantitative estimate of drug-likeness (QED) is 0.825. The summed E-state index contributed by atoms with van der Waals surface area (Å²) in [5.41, 5.74) is 1.28. The summed E-state index contributed by atoms with van der Waals surface area (Å²) < 4.78 is 0. The second-order valence-corrected chi connectivity index (χ2v) is 6.71. The summed E-state index contributed by atoms with van der Waals surface area (Å²) in [7, 11) is 2.16. The van der Waals surface area contributed by atoms with E-state index >= 15 is 0 Å². The zero-order valence-corrected chi connectivity index (χ0v) is 14.8. The van der Waals surface area contributed by atoms with E-state index in [1.807, 2.05) is 0 Å². The van der Waals surface area contributed by atoms with Crippen LogP contribution in [0.1, 0.15) is 0 Å². The van der Waals surface area contributed by atoms with E-state index in [9.17, 15) is 0 Å². The smallest absolute Gasteiger partial charge is 0.247 e. The maximum atomic E-state index is 4.78. The van der Waals surface area contributed by atoms with Crippen LogP contribution in [-0.2, 0) is 0 Å². The minimum absolute atomic E-state index is 0.754. The number of anilines is 3. The Bertz CT molecular complexity index is 677. The van der Waals surface area contributed by atoms with Gasteiger partial charge >= 0.3 is 0 Å². The Hall–Kier alpha value is -2.41. The highest BCUT2D eigenvalue weighted by atomic mass is 15.4. The van der Waals surface area contributed by atoms with E-state index in [2.05, 4.69) is 67.2 Å². The maximum absolute atomic E-state index is 4.78. The highest BCUT2D eigenvalue weighted by Crippen LogP contribution is 2.19. The fraction of sp³-hybridized carbons (Fsp3) is 0.500. The fourth-order valence-corrected chi connectivity index (χ4v) is 3.41. The largest absolute Gasteiger partial charge is 0.368 e. The summed E-state index contributed by atoms with van der Waals surface area (Å²) in [5, 5.41) is 8.49. The van der Waals surface area contributed by atoms with Crippen molar-refractivity contribution in [1.82, 2.24) is 20.1 Å². The second-order valence-electron chi connectivity index (χ2n) is 6.71. The highest BCUT2D eigenvalue weighted by Gasteiger charge is 2.21. The van der Waals surface area contributed by atoms with Crippen LogP contribution < -0.4 is 14.7 Å². The Morgan fingerprint density at radius 2 is 1.40 bits per heavy atom. The summed E-state index contributed by atoms with van der Waals surface area (Å²) in [4.78, 5) is 14.1. The number of hydrogen-bond acceptors (Lipinski definition) is 7. The van der Waals surface area contributed by atoms with Crippen LogP contribution in [0.2, 0.25) is 0 Å². The first-order valence-electron chi connectivity index (χ1n) is 8.98. The van der Waals surface area contributed by atoms with Gasteiger partial charge in [0.15, 0.2) is 5.82 Å². The molecule has 0 aliphatic carbocycles. The van der Waals surface area contributed by atoms with Gasteiger partial charge in [-0.1, -0.05) is 18.2 Å². The first kappa shape index (κ1) is 16.1. The molecule has 2 saturated heterocycles. The van der Waals surface area contributed by atoms with Crippen LogP contribution in [0.4, 0.5) is 17.5 Å². The molecule has 2 aromatic rings. The van der Waals surface area contributed by atoms with Gasteiger partial charge in [-0.15, -0.1) is 5.10 Å². The van der Waals surface area contributed by atoms with Gasteiger partial charge in [-0.05, 0) is 19.2 Å². The van der Waals surface area contributed by atoms with Gasteiger partial charge in [0.1, 0.15) is 0 Å². The molecule has 0 bridgehead atoms. The highest BCUT2D eigenvalue weighted by molar-refractivity contribution is 5.49. The van der Waals surface area contributed by atoms with Crippen LogP contribution >= 0.6 is 0 Å². The summed E-state index contributed by atoms with van der Waals surface area (Å²) in [6, 6.07) is 10.6. The molecule has 1 aromatic carbocycles. The Kier molecular flexibility index (Phi) is 4.65. The zero-order valence-electron chi connectivity index (χ0n) is 14.8. The minimum atomic E-state index is 0.754. The maximum Gasteiger partial charge on any atom is 0.247 e. The van der Waals surface area contributed by atoms with Gasteiger partial charge in [-0.25, -0.2) is 0 Å². The lowest BCUT2D eigenvalue weighted by molar-refractivity contribution is 0.312. The number of nitrogens with zero attached hydrogens (tertiary/aromatic N) is 7. The molecule has 2 fully saturated rings. The Morgan fingerprint density at radius 3 is 2.12 bits per heavy atom. The lowest BCUT2D eigenvalue weighted by atomic mass is 10.2. The molecular formula is C18H25N7. The average Bonchev–Trinajstić information content (AvgIpc) is 2.69. The van der Waals surface area contributed by atoms with Crippen LogP contribution in [0.5, 0.6) is 0 Å². The molecule has 7 heteroatoms. The Balaban J connectivity index is 1.40. The van der Waals surface area contributed by atoms with Crippen molar-refractivity contribution in [2.24, 2.45) is 0 Å². The molecule has 25 heavy (non-hydrogen) atoms. The standard InChI is InChI=1S/C18H25N7/c1-22-7-9-24(10-8-22)17-15-19-21-18(20-17)25-13-11-23(12-14-25)16-5-3-2-4-6-16/h2-6,15H,7-14H2,1H3. The third-order valence-electron chi connectivity index (χ3n) is 5.05. The molecule has 7 nitrogen and oxygen atoms in total. The monoisotopic (exact) mass is 339 g/mol. The van der Waals surface area contributed by atoms with E-state index in [1.54, 1.807) is 6.20 Å². The molecular weight excluding hydrogens is 314 g/mol. The lowest BCUT2D eigenvalue weighted by Gasteiger charge is -2.36. The van der Waals surface area contributed by atoms with E-state index < -0.39 is 0 Å². The molecule has 2 aliphatic heterocycles. The molecule has 1 aromatic heterocycles. The first-order chi connectivity index (χ1) is 12.3. The topological polar surface area (TPSA) is 51.6 Å². The van der Waals surface area contributed by atoms with E-state index in [-0.39, 0.29) is 0 Å². The summed E-state index contributed by atoms with van der Waals surface area (Å²) >= 11 is 0. The molecule has 0 N–H and O–H groups in total. The molecule has 2 aliphatic rings. The summed E-state index contributed by atoms with van der Waals surface area (Å²) in [6.07, 6.45) is 1.79. The molecule has 4 rings (SSSR count). The average molecular weight is 339 g/mol. The van der Waals surface area contributed by atoms with Crippen LogP contribution in [0.25, 0.3) is 0 Å². The van der Waals surface area contributed by atoms with Crippen molar-refractivity contribution in [2.75, 3.05) is 74.1 Å². The van der Waals surface area contributed by atoms with Crippen LogP contribution in [0.15, 0.2) is 36.5 Å². The van der Waals surface area contributed by atoms with Gasteiger partial charge < -0.3 is 19.6 Å². The number of para-hydroxylation sites is 1. The minimum Gasteiger partial charge on any atom is -0.368 e. The van der Waals surface area contributed by atoms with Crippen molar-refractivity contribution >= 4 is 17.5 Å². The molecule has 0 unspecified atom stereocenters. The van der Waals surface area contributed by atoms with Crippen molar-refractivity contribution in [2.45, 2.75) is 0 Å². The number of hydrogen-bond donors (Lipinski definition) is 0. The summed E-state index contributed by atoms with van der Waals surface area (Å²) in [6.45, 7) is 7.92. The van der Waals surface area contributed by atoms with Crippen molar-refractivity contribution < 1.29 is 0 Å². The number of likely N-dealkylation sites (N-methyl/N-ethyl adjacent to an activating group) is 1. The van der Waals surface area contributed by atoms with Gasteiger partial charge in [0.2, 0.25) is 5.95 Å². The van der Waals surface area contributed by atoms with E-state index in [0.717, 1.165) is 64.1 Å². The second kappa shape index (κ2) is 7.23. The lowest BCUT2D eigenvalue weighted by Crippen LogP contribution is -2.47. The Labute approximate surface area is 148 Å². The molecule has 3 heterocycles. The third-order valence-corrected chi connectivity index (χ3v) is 5.05. The van der Waals surface area contributed by atoms with E-state index in [4.69, 9.17) is 4.98 Å². The number of rotatable bonds is 3. The van der Waals surface area contributed by atoms with E-state index in [1.165, 1.54) is 5.69 Å². The van der Waals surface area contributed by atoms with Crippen molar-refractivity contribution in [3.63, 3.8) is 0 Å². The van der Waals surface area contributed by atoms with Crippen LogP contribution in [0.3, 0.4) is 0 Å². The van der Waals surface area contributed by atoms with Crippen molar-refractivity contribution in [1.29, 1.82) is 0 Å². The molecule has 132 valence electrons. The predicted molar refractivity (Wildman–Crippen MR) is 100 cm³/mol. The third kappa shape index (κ3) is 3.66. The molecule has 0 radical (unpaired) electrons. The number of benzene rings is 1. The van der Waals surface area contributed by atoms with Gasteiger partial charge in [0.05, 0.1) is 6.20 Å². The van der Waals surface area contributed by atoms with Crippen molar-refractivity contribution in [3.8, 4) is 0 Å². The number of piperazine rings is 2. The van der Waals surface area contributed by atoms with Gasteiger partial charge in [0, 0.05) is 58.0 Å². The number of aromatic nitrogens is 3. The first-order valence-corrected chi connectivity index (χ1v) is 8.98. The Morgan fingerprint density at radius 1 is 0.760 bits per heavy atom. The van der Waals surface area contributed by atoms with Crippen molar-refractivity contribution in [3.05, 3.63) is 36.5 Å². The van der Waals surface area contributed by atoms with Gasteiger partial charge in [0.25, 0.3) is 0 Å². The van der Waals surface area contributed by atoms with Gasteiger partial charge in [-0.3, -0.25) is 0 Å². The molecule has 0 atom stereocenters. The van der Waals surface area contributed by atoms with Crippen LogP contribution in [-0.4, -0.2) is 79.5 Å². The molecule has 0 saturated carbocycles. The van der Waals surface area contributed by atoms with Gasteiger partial charge in [-0.2, -0.15) is 10.1 Å². The molecule has 0 spiro atoms. The summed E-state index contributed by atoms with van der Waals surface area (Å²) in [5.74, 6) is 1.70. The zero-order chi connectivity index (χ0) is 17.1. The van der Waals surface area contributed by atoms with Crippen LogP contribution in [0, 0.1) is 0 Å². The normalized spacial score (nSPS) is 19.3. The van der Waals surface area contributed by atoms with E-state index in [0.29, 0.717) is 0 Å².